The molecule has 0 spiro atoms. The van der Waals surface area contributed by atoms with Crippen molar-refractivity contribution in [1.82, 2.24) is 0 Å². The average molecular weight is 838 g/mol. The summed E-state index contributed by atoms with van der Waals surface area (Å²) in [6.45, 7) is 24.8. The van der Waals surface area contributed by atoms with Crippen molar-refractivity contribution in [2.75, 3.05) is 33.6 Å². The second-order valence-corrected chi connectivity index (χ2v) is 18.9. The molecule has 0 aromatic heterocycles. The van der Waals surface area contributed by atoms with Crippen molar-refractivity contribution in [2.45, 2.75) is 117 Å². The molecule has 5 aromatic carbocycles. The lowest BCUT2D eigenvalue weighted by atomic mass is 9.61. The molecule has 6 nitrogen and oxygen atoms in total. The van der Waals surface area contributed by atoms with Crippen molar-refractivity contribution < 1.29 is 4.79 Å². The van der Waals surface area contributed by atoms with Crippen LogP contribution in [-0.4, -0.2) is 12.8 Å². The first-order chi connectivity index (χ1) is 30.2. The number of nitrogens with one attached hydrogen (secondary N) is 3. The van der Waals surface area contributed by atoms with Gasteiger partial charge in [-0.15, -0.1) is 0 Å². The van der Waals surface area contributed by atoms with Gasteiger partial charge in [-0.1, -0.05) is 104 Å². The molecule has 6 heteroatoms. The minimum atomic E-state index is -0.372. The largest absolute Gasteiger partial charge is 0.399 e. The van der Waals surface area contributed by atoms with Crippen LogP contribution in [0.5, 0.6) is 0 Å². The highest BCUT2D eigenvalue weighted by Gasteiger charge is 2.51. The van der Waals surface area contributed by atoms with E-state index in [9.17, 15) is 4.79 Å². The predicted molar refractivity (Wildman–Crippen MR) is 269 cm³/mol. The van der Waals surface area contributed by atoms with Crippen molar-refractivity contribution in [1.29, 1.82) is 0 Å². The number of ketones is 1. The molecule has 3 atom stereocenters. The molecule has 1 aliphatic carbocycles. The number of carbonyl (C=O) groups excluding carboxylic acids is 1. The molecule has 8 rings (SSSR count). The number of benzene rings is 5. The van der Waals surface area contributed by atoms with E-state index in [0.717, 1.165) is 118 Å². The highest BCUT2D eigenvalue weighted by Crippen LogP contribution is 2.58. The summed E-state index contributed by atoms with van der Waals surface area (Å²) in [4.78, 5) is 17.1. The van der Waals surface area contributed by atoms with E-state index in [0.29, 0.717) is 0 Å². The number of allylic oxidation sites excluding steroid dienone is 5. The molecule has 63 heavy (non-hydrogen) atoms. The smallest absolute Gasteiger partial charge is 0.191 e. The summed E-state index contributed by atoms with van der Waals surface area (Å²) >= 11 is 0. The SMILES string of the molecule is C=C1Nc2cc3c(cc2C1(CC)CCC)C(CC)(CCC)/C(=C1\C(=O)C(C(C)C(C)(C)c2cc(-c4ccc(N(c5ccc(C)cc5)c5ccc(N)cc5)cc4)ccc2NC)=C1C)N3. The maximum atomic E-state index is 14.9. The van der Waals surface area contributed by atoms with Gasteiger partial charge in [-0.3, -0.25) is 4.79 Å². The standard InChI is InChI=1S/C57H67N5O/c1-12-30-56(14-3)38(8)60-49-34-50-47(33-46(49)56)57(15-4,31-13-2)54(61-50)52-36(6)51(53(52)63)37(7)55(9,10)45-32-40(20-29-48(45)59-11)39-18-25-43(26-19-39)62(42-23-16-35(5)17-24-42)44-27-21-41(58)22-28-44/h16-29,32-34,37,59-61H,8,12-15,30-31,58H2,1-7,9-11H3/b54-52+. The van der Waals surface area contributed by atoms with Crippen LogP contribution in [0.3, 0.4) is 0 Å². The van der Waals surface area contributed by atoms with Gasteiger partial charge in [0.05, 0.1) is 0 Å². The Labute approximate surface area is 376 Å². The number of aryl methyl sites for hydroxylation is 1. The molecule has 2 heterocycles. The molecule has 0 saturated heterocycles. The number of carbonyl (C=O) groups is 1. The number of rotatable bonds is 14. The highest BCUT2D eigenvalue weighted by molar-refractivity contribution is 6.21. The number of Topliss-reactive ketones (excluding diaryl/α,β-unsaturated/α-hetero) is 1. The van der Waals surface area contributed by atoms with Crippen molar-refractivity contribution in [3.05, 3.63) is 160 Å². The lowest BCUT2D eigenvalue weighted by molar-refractivity contribution is -0.114. The normalized spacial score (nSPS) is 20.8. The first-order valence-electron chi connectivity index (χ1n) is 23.3. The Bertz CT molecular complexity index is 2600. The van der Waals surface area contributed by atoms with Crippen LogP contribution in [0.1, 0.15) is 116 Å². The molecule has 0 saturated carbocycles. The van der Waals surface area contributed by atoms with E-state index < -0.39 is 0 Å². The molecular weight excluding hydrogens is 771 g/mol. The topological polar surface area (TPSA) is 82.4 Å². The molecule has 3 unspecified atom stereocenters. The highest BCUT2D eigenvalue weighted by atomic mass is 16.1. The van der Waals surface area contributed by atoms with Crippen LogP contribution < -0.4 is 26.6 Å². The second kappa shape index (κ2) is 16.6. The molecule has 2 aliphatic heterocycles. The average Bonchev–Trinajstić information content (AvgIpc) is 3.73. The molecule has 326 valence electrons. The van der Waals surface area contributed by atoms with E-state index in [2.05, 4.69) is 181 Å². The fourth-order valence-corrected chi connectivity index (χ4v) is 11.3. The van der Waals surface area contributed by atoms with Gasteiger partial charge < -0.3 is 26.6 Å². The van der Waals surface area contributed by atoms with Crippen LogP contribution in [0.25, 0.3) is 11.1 Å². The van der Waals surface area contributed by atoms with Crippen molar-refractivity contribution in [2.24, 2.45) is 5.92 Å². The monoisotopic (exact) mass is 838 g/mol. The van der Waals surface area contributed by atoms with E-state index in [1.807, 2.05) is 19.2 Å². The summed E-state index contributed by atoms with van der Waals surface area (Å²) in [6, 6.07) is 36.9. The summed E-state index contributed by atoms with van der Waals surface area (Å²) in [6.07, 6.45) is 6.08. The lowest BCUT2D eigenvalue weighted by Gasteiger charge is -2.41. The molecule has 0 fully saturated rings. The Morgan fingerprint density at radius 1 is 0.730 bits per heavy atom. The van der Waals surface area contributed by atoms with Crippen LogP contribution in [-0.2, 0) is 21.0 Å². The maximum absolute atomic E-state index is 14.9. The van der Waals surface area contributed by atoms with Crippen LogP contribution >= 0.6 is 0 Å². The number of nitrogen functional groups attached to an aromatic ring is 1. The molecule has 0 radical (unpaired) electrons. The number of fused-ring (bicyclic) bond motifs is 2. The van der Waals surface area contributed by atoms with E-state index in [4.69, 9.17) is 5.73 Å². The fourth-order valence-electron chi connectivity index (χ4n) is 11.3. The lowest BCUT2D eigenvalue weighted by Crippen LogP contribution is -2.39. The van der Waals surface area contributed by atoms with E-state index in [1.165, 1.54) is 22.3 Å². The van der Waals surface area contributed by atoms with Gasteiger partial charge in [0.25, 0.3) is 0 Å². The molecule has 0 bridgehead atoms. The molecular formula is C57H67N5O. The molecule has 3 aliphatic rings. The molecule has 5 aromatic rings. The van der Waals surface area contributed by atoms with Gasteiger partial charge in [-0.25, -0.2) is 0 Å². The van der Waals surface area contributed by atoms with E-state index >= 15 is 0 Å². The minimum absolute atomic E-state index is 0.0359. The summed E-state index contributed by atoms with van der Waals surface area (Å²) in [5.41, 5.74) is 25.1. The van der Waals surface area contributed by atoms with Gasteiger partial charge in [0.1, 0.15) is 0 Å². The summed E-state index contributed by atoms with van der Waals surface area (Å²) in [5, 5.41) is 11.1. The number of nitrogens with two attached hydrogens (primary N) is 1. The number of hydrogen-bond donors (Lipinski definition) is 4. The van der Waals surface area contributed by atoms with Gasteiger partial charge in [-0.2, -0.15) is 0 Å². The quantitative estimate of drug-likeness (QED) is 0.0659. The van der Waals surface area contributed by atoms with E-state index in [1.54, 1.807) is 0 Å². The van der Waals surface area contributed by atoms with Gasteiger partial charge in [-0.05, 0) is 157 Å². The zero-order chi connectivity index (χ0) is 45.0. The van der Waals surface area contributed by atoms with Gasteiger partial charge in [0.15, 0.2) is 5.78 Å². The van der Waals surface area contributed by atoms with Crippen LogP contribution in [0.4, 0.5) is 39.8 Å². The second-order valence-electron chi connectivity index (χ2n) is 18.9. The summed E-state index contributed by atoms with van der Waals surface area (Å²) in [7, 11) is 1.99. The van der Waals surface area contributed by atoms with E-state index in [-0.39, 0.29) is 27.9 Å². The van der Waals surface area contributed by atoms with Gasteiger partial charge in [0.2, 0.25) is 0 Å². The molecule has 0 amide bonds. The van der Waals surface area contributed by atoms with Crippen LogP contribution in [0.15, 0.2) is 138 Å². The van der Waals surface area contributed by atoms with Crippen molar-refractivity contribution in [3.63, 3.8) is 0 Å². The Balaban J connectivity index is 1.13. The predicted octanol–water partition coefficient (Wildman–Crippen LogP) is 14.8. The molecule has 5 N–H and O–H groups in total. The Morgan fingerprint density at radius 3 is 1.84 bits per heavy atom. The summed E-state index contributed by atoms with van der Waals surface area (Å²) in [5.74, 6) is 0.147. The third-order valence-electron chi connectivity index (χ3n) is 15.3. The summed E-state index contributed by atoms with van der Waals surface area (Å²) < 4.78 is 0. The Hall–Kier alpha value is -6.01. The van der Waals surface area contributed by atoms with Crippen LogP contribution in [0, 0.1) is 12.8 Å². The van der Waals surface area contributed by atoms with Crippen LogP contribution in [0.2, 0.25) is 0 Å². The maximum Gasteiger partial charge on any atom is 0.191 e. The van der Waals surface area contributed by atoms with Crippen molar-refractivity contribution >= 4 is 45.6 Å². The third kappa shape index (κ3) is 6.97. The third-order valence-corrected chi connectivity index (χ3v) is 15.3. The first kappa shape index (κ1) is 43.6. The zero-order valence-corrected chi connectivity index (χ0v) is 39.3. The van der Waals surface area contributed by atoms with Gasteiger partial charge in [0, 0.05) is 80.2 Å². The number of nitrogens with zero attached hydrogens (tertiary/aromatic N) is 1. The number of hydrogen-bond acceptors (Lipinski definition) is 6. The minimum Gasteiger partial charge on any atom is -0.399 e. The van der Waals surface area contributed by atoms with Crippen molar-refractivity contribution in [3.8, 4) is 11.1 Å². The Kier molecular flexibility index (Phi) is 11.5. The van der Waals surface area contributed by atoms with Gasteiger partial charge >= 0.3 is 0 Å². The Morgan fingerprint density at radius 2 is 1.27 bits per heavy atom. The fraction of sp³-hybridized carbons (Fsp3) is 0.351. The number of anilines is 7. The zero-order valence-electron chi connectivity index (χ0n) is 39.3. The first-order valence-corrected chi connectivity index (χ1v) is 23.3.